The molecule has 0 radical (unpaired) electrons. The van der Waals surface area contributed by atoms with Gasteiger partial charge in [-0.3, -0.25) is 4.90 Å². The van der Waals surface area contributed by atoms with E-state index in [4.69, 9.17) is 9.72 Å². The molecule has 3 saturated heterocycles. The molecule has 25 heavy (non-hydrogen) atoms. The highest BCUT2D eigenvalue weighted by Gasteiger charge is 2.36. The Hall–Kier alpha value is -2.07. The molecule has 0 N–H and O–H groups in total. The molecule has 1 aromatic carbocycles. The number of pyridine rings is 1. The summed E-state index contributed by atoms with van der Waals surface area (Å²) in [6.07, 6.45) is 2.56. The van der Waals surface area contributed by atoms with Gasteiger partial charge in [-0.25, -0.2) is 4.98 Å². The summed E-state index contributed by atoms with van der Waals surface area (Å²) >= 11 is 0. The predicted molar refractivity (Wildman–Crippen MR) is 101 cm³/mol. The molecular formula is C21H27N3O. The van der Waals surface area contributed by atoms with Crippen molar-refractivity contribution in [3.8, 4) is 5.75 Å². The number of rotatable bonds is 4. The van der Waals surface area contributed by atoms with Gasteiger partial charge in [0.1, 0.15) is 0 Å². The highest BCUT2D eigenvalue weighted by molar-refractivity contribution is 5.54. The van der Waals surface area contributed by atoms with Crippen LogP contribution in [0.25, 0.3) is 0 Å². The van der Waals surface area contributed by atoms with Crippen LogP contribution in [0.2, 0.25) is 0 Å². The van der Waals surface area contributed by atoms with Crippen LogP contribution in [0.4, 0.5) is 5.82 Å². The van der Waals surface area contributed by atoms with Gasteiger partial charge in [0.25, 0.3) is 0 Å². The number of aryl methyl sites for hydroxylation is 1. The summed E-state index contributed by atoms with van der Waals surface area (Å²) in [5.41, 5.74) is 2.46. The van der Waals surface area contributed by atoms with Gasteiger partial charge in [-0.2, -0.15) is 0 Å². The van der Waals surface area contributed by atoms with Crippen molar-refractivity contribution in [2.45, 2.75) is 32.4 Å². The Kier molecular flexibility index (Phi) is 4.62. The number of aromatic nitrogens is 1. The van der Waals surface area contributed by atoms with Crippen LogP contribution in [0.3, 0.4) is 0 Å². The van der Waals surface area contributed by atoms with E-state index >= 15 is 0 Å². The smallest absolute Gasteiger partial charge is 0.171 e. The number of anilines is 1. The van der Waals surface area contributed by atoms with Crippen LogP contribution in [-0.4, -0.2) is 42.7 Å². The van der Waals surface area contributed by atoms with E-state index < -0.39 is 0 Å². The highest BCUT2D eigenvalue weighted by atomic mass is 16.5. The minimum atomic E-state index is 0.519. The summed E-state index contributed by atoms with van der Waals surface area (Å²) < 4.78 is 5.61. The molecule has 1 aromatic heterocycles. The Labute approximate surface area is 150 Å². The molecule has 4 nitrogen and oxygen atoms in total. The Balaban J connectivity index is 1.57. The van der Waals surface area contributed by atoms with Crippen LogP contribution >= 0.6 is 0 Å². The summed E-state index contributed by atoms with van der Waals surface area (Å²) in [5.74, 6) is 2.63. The molecule has 0 spiro atoms. The standard InChI is InChI=1S/C21H27N3O/c1-16-8-11-20(25-2)21(22-16)24-14-18-9-10-19(24)15-23(13-18)12-17-6-4-3-5-7-17/h3-8,11,18-19H,9-10,12-15H2,1-2H3/t18-,19+/m1/s1. The van der Waals surface area contributed by atoms with Crippen molar-refractivity contribution < 1.29 is 4.74 Å². The van der Waals surface area contributed by atoms with E-state index in [9.17, 15) is 0 Å². The van der Waals surface area contributed by atoms with Crippen molar-refractivity contribution in [2.75, 3.05) is 31.6 Å². The largest absolute Gasteiger partial charge is 0.493 e. The molecule has 0 amide bonds. The maximum atomic E-state index is 5.61. The molecule has 3 fully saturated rings. The van der Waals surface area contributed by atoms with Crippen LogP contribution in [0.5, 0.6) is 5.75 Å². The number of hydrogen-bond acceptors (Lipinski definition) is 4. The molecule has 0 unspecified atom stereocenters. The van der Waals surface area contributed by atoms with E-state index in [1.165, 1.54) is 24.9 Å². The third kappa shape index (κ3) is 3.49. The van der Waals surface area contributed by atoms with Gasteiger partial charge >= 0.3 is 0 Å². The third-order valence-corrected chi connectivity index (χ3v) is 5.51. The molecule has 2 aromatic rings. The van der Waals surface area contributed by atoms with Gasteiger partial charge in [0.05, 0.1) is 7.11 Å². The van der Waals surface area contributed by atoms with Gasteiger partial charge in [0, 0.05) is 37.9 Å². The number of hydrogen-bond donors (Lipinski definition) is 0. The number of ether oxygens (including phenoxy) is 1. The molecule has 2 bridgehead atoms. The normalized spacial score (nSPS) is 23.5. The summed E-state index contributed by atoms with van der Waals surface area (Å²) in [4.78, 5) is 9.95. The monoisotopic (exact) mass is 337 g/mol. The third-order valence-electron chi connectivity index (χ3n) is 5.51. The summed E-state index contributed by atoms with van der Waals surface area (Å²) in [6.45, 7) is 6.46. The van der Waals surface area contributed by atoms with Gasteiger partial charge in [-0.15, -0.1) is 0 Å². The Morgan fingerprint density at radius 1 is 1.04 bits per heavy atom. The van der Waals surface area contributed by atoms with E-state index in [1.54, 1.807) is 7.11 Å². The van der Waals surface area contributed by atoms with Crippen LogP contribution < -0.4 is 9.64 Å². The van der Waals surface area contributed by atoms with Gasteiger partial charge in [0.2, 0.25) is 0 Å². The van der Waals surface area contributed by atoms with E-state index in [-0.39, 0.29) is 0 Å². The second kappa shape index (κ2) is 7.04. The number of nitrogens with zero attached hydrogens (tertiary/aromatic N) is 3. The lowest BCUT2D eigenvalue weighted by Crippen LogP contribution is -2.44. The maximum absolute atomic E-state index is 5.61. The van der Waals surface area contributed by atoms with Crippen molar-refractivity contribution in [3.05, 3.63) is 53.7 Å². The molecule has 5 rings (SSSR count). The summed E-state index contributed by atoms with van der Waals surface area (Å²) in [5, 5.41) is 0. The zero-order valence-electron chi connectivity index (χ0n) is 15.2. The molecule has 3 aliphatic heterocycles. The van der Waals surface area contributed by atoms with Crippen LogP contribution in [-0.2, 0) is 6.54 Å². The first-order chi connectivity index (χ1) is 12.2. The zero-order valence-corrected chi connectivity index (χ0v) is 15.2. The van der Waals surface area contributed by atoms with E-state index in [2.05, 4.69) is 53.1 Å². The molecule has 4 heteroatoms. The van der Waals surface area contributed by atoms with E-state index in [1.807, 2.05) is 6.07 Å². The lowest BCUT2D eigenvalue weighted by Gasteiger charge is -2.37. The molecule has 132 valence electrons. The molecule has 2 atom stereocenters. The number of fused-ring (bicyclic) bond motifs is 4. The average Bonchev–Trinajstić information content (AvgIpc) is 2.93. The number of benzene rings is 1. The molecule has 0 aliphatic carbocycles. The van der Waals surface area contributed by atoms with Crippen LogP contribution in [0.1, 0.15) is 24.1 Å². The van der Waals surface area contributed by atoms with Crippen molar-refractivity contribution in [1.29, 1.82) is 0 Å². The number of piperidine rings is 1. The first-order valence-electron chi connectivity index (χ1n) is 9.27. The quantitative estimate of drug-likeness (QED) is 0.854. The summed E-state index contributed by atoms with van der Waals surface area (Å²) in [6, 6.07) is 15.4. The fraction of sp³-hybridized carbons (Fsp3) is 0.476. The Bertz CT molecular complexity index is 718. The maximum Gasteiger partial charge on any atom is 0.171 e. The average molecular weight is 337 g/mol. The van der Waals surface area contributed by atoms with Crippen molar-refractivity contribution in [1.82, 2.24) is 9.88 Å². The van der Waals surface area contributed by atoms with Crippen molar-refractivity contribution in [3.63, 3.8) is 0 Å². The van der Waals surface area contributed by atoms with E-state index in [0.717, 1.165) is 36.9 Å². The van der Waals surface area contributed by atoms with Crippen molar-refractivity contribution in [2.24, 2.45) is 5.92 Å². The second-order valence-electron chi connectivity index (χ2n) is 7.41. The minimum absolute atomic E-state index is 0.519. The van der Waals surface area contributed by atoms with Gasteiger partial charge < -0.3 is 9.64 Å². The SMILES string of the molecule is COc1ccc(C)nc1N1C[C@@H]2CC[C@H]1CN(Cc1ccccc1)C2. The van der Waals surface area contributed by atoms with Gasteiger partial charge in [-0.05, 0) is 43.4 Å². The van der Waals surface area contributed by atoms with Crippen molar-refractivity contribution >= 4 is 5.82 Å². The molecule has 3 aliphatic rings. The lowest BCUT2D eigenvalue weighted by molar-refractivity contribution is 0.256. The van der Waals surface area contributed by atoms with Gasteiger partial charge in [0.15, 0.2) is 11.6 Å². The fourth-order valence-corrected chi connectivity index (χ4v) is 4.30. The molecular weight excluding hydrogens is 310 g/mol. The summed E-state index contributed by atoms with van der Waals surface area (Å²) in [7, 11) is 1.74. The fourth-order valence-electron chi connectivity index (χ4n) is 4.30. The first kappa shape index (κ1) is 16.4. The van der Waals surface area contributed by atoms with E-state index in [0.29, 0.717) is 12.0 Å². The van der Waals surface area contributed by atoms with Gasteiger partial charge in [-0.1, -0.05) is 30.3 Å². The molecule has 0 saturated carbocycles. The molecule has 4 heterocycles. The van der Waals surface area contributed by atoms with Crippen LogP contribution in [0, 0.1) is 12.8 Å². The minimum Gasteiger partial charge on any atom is -0.493 e. The topological polar surface area (TPSA) is 28.6 Å². The van der Waals surface area contributed by atoms with Crippen LogP contribution in [0.15, 0.2) is 42.5 Å². The second-order valence-corrected chi connectivity index (χ2v) is 7.41. The highest BCUT2D eigenvalue weighted by Crippen LogP contribution is 2.36. The number of methoxy groups -OCH3 is 1. The first-order valence-corrected chi connectivity index (χ1v) is 9.27. The Morgan fingerprint density at radius 3 is 2.68 bits per heavy atom. The zero-order chi connectivity index (χ0) is 17.2. The Morgan fingerprint density at radius 2 is 1.88 bits per heavy atom. The predicted octanol–water partition coefficient (Wildman–Crippen LogP) is 3.50. The lowest BCUT2D eigenvalue weighted by atomic mass is 9.95.